The van der Waals surface area contributed by atoms with Gasteiger partial charge in [0.15, 0.2) is 0 Å². The highest BCUT2D eigenvalue weighted by Gasteiger charge is 2.10. The summed E-state index contributed by atoms with van der Waals surface area (Å²) in [5, 5.41) is 1.11. The van der Waals surface area contributed by atoms with Gasteiger partial charge in [0.05, 0.1) is 5.69 Å². The number of anilines is 3. The van der Waals surface area contributed by atoms with Crippen molar-refractivity contribution in [1.82, 2.24) is 9.97 Å². The molecule has 7 N–H and O–H groups in total. The van der Waals surface area contributed by atoms with E-state index in [1.54, 1.807) is 6.07 Å². The molecule has 3 aromatic rings. The second-order valence-corrected chi connectivity index (χ2v) is 4.16. The highest BCUT2D eigenvalue weighted by Crippen LogP contribution is 2.32. The number of fused-ring (bicyclic) bond motifs is 1. The first kappa shape index (κ1) is 10.5. The Hall–Kier alpha value is -2.69. The summed E-state index contributed by atoms with van der Waals surface area (Å²) in [5.41, 5.74) is 20.5. The maximum Gasteiger partial charge on any atom is 0.149 e. The van der Waals surface area contributed by atoms with Crippen LogP contribution in [0.3, 0.4) is 0 Å². The Morgan fingerprint density at radius 1 is 1.00 bits per heavy atom. The van der Waals surface area contributed by atoms with Crippen molar-refractivity contribution in [3.05, 3.63) is 36.4 Å². The van der Waals surface area contributed by atoms with Gasteiger partial charge in [-0.2, -0.15) is 0 Å². The van der Waals surface area contributed by atoms with Crippen LogP contribution >= 0.6 is 0 Å². The molecular weight excluding hydrogens is 226 g/mol. The van der Waals surface area contributed by atoms with Crippen LogP contribution in [0.25, 0.3) is 22.2 Å². The molecule has 0 saturated heterocycles. The van der Waals surface area contributed by atoms with Crippen molar-refractivity contribution in [1.29, 1.82) is 0 Å². The zero-order valence-corrected chi connectivity index (χ0v) is 9.64. The SMILES string of the molecule is Nc1cc(-c2cc3ccccc3[nH]2)c(N)c(N)n1. The molecule has 5 nitrogen and oxygen atoms in total. The lowest BCUT2D eigenvalue weighted by molar-refractivity contribution is 1.33. The second kappa shape index (κ2) is 3.66. The number of nitrogen functional groups attached to an aromatic ring is 3. The lowest BCUT2D eigenvalue weighted by Crippen LogP contribution is -2.03. The van der Waals surface area contributed by atoms with Gasteiger partial charge in [-0.15, -0.1) is 0 Å². The first-order valence-electron chi connectivity index (χ1n) is 5.55. The van der Waals surface area contributed by atoms with Gasteiger partial charge in [-0.1, -0.05) is 18.2 Å². The molecule has 90 valence electrons. The smallest absolute Gasteiger partial charge is 0.149 e. The number of nitrogens with two attached hydrogens (primary N) is 3. The quantitative estimate of drug-likeness (QED) is 0.520. The zero-order chi connectivity index (χ0) is 12.7. The van der Waals surface area contributed by atoms with E-state index in [4.69, 9.17) is 17.2 Å². The summed E-state index contributed by atoms with van der Waals surface area (Å²) in [6.45, 7) is 0. The van der Waals surface area contributed by atoms with Crippen LogP contribution in [0.4, 0.5) is 17.3 Å². The first-order valence-corrected chi connectivity index (χ1v) is 5.55. The van der Waals surface area contributed by atoms with Gasteiger partial charge < -0.3 is 22.2 Å². The Morgan fingerprint density at radius 2 is 1.78 bits per heavy atom. The van der Waals surface area contributed by atoms with E-state index in [1.807, 2.05) is 30.3 Å². The summed E-state index contributed by atoms with van der Waals surface area (Å²) in [6.07, 6.45) is 0. The summed E-state index contributed by atoms with van der Waals surface area (Å²) >= 11 is 0. The molecule has 0 radical (unpaired) electrons. The predicted molar refractivity (Wildman–Crippen MR) is 74.8 cm³/mol. The highest BCUT2D eigenvalue weighted by atomic mass is 14.9. The standard InChI is InChI=1S/C13H13N5/c14-11-6-8(12(15)13(16)18-11)10-5-7-3-1-2-4-9(7)17-10/h1-6,17H,15H2,(H4,14,16,18). The maximum absolute atomic E-state index is 5.94. The van der Waals surface area contributed by atoms with Gasteiger partial charge >= 0.3 is 0 Å². The van der Waals surface area contributed by atoms with E-state index in [0.717, 1.165) is 22.2 Å². The maximum atomic E-state index is 5.94. The van der Waals surface area contributed by atoms with E-state index >= 15 is 0 Å². The van der Waals surface area contributed by atoms with Gasteiger partial charge in [0.2, 0.25) is 0 Å². The number of hydrogen-bond donors (Lipinski definition) is 4. The van der Waals surface area contributed by atoms with Crippen LogP contribution in [-0.4, -0.2) is 9.97 Å². The fourth-order valence-electron chi connectivity index (χ4n) is 2.04. The Bertz CT molecular complexity index is 696. The Morgan fingerprint density at radius 3 is 2.56 bits per heavy atom. The second-order valence-electron chi connectivity index (χ2n) is 4.16. The Kier molecular flexibility index (Phi) is 2.13. The molecule has 18 heavy (non-hydrogen) atoms. The third-order valence-corrected chi connectivity index (χ3v) is 2.93. The van der Waals surface area contributed by atoms with Crippen molar-refractivity contribution in [2.45, 2.75) is 0 Å². The zero-order valence-electron chi connectivity index (χ0n) is 9.64. The van der Waals surface area contributed by atoms with Crippen LogP contribution < -0.4 is 17.2 Å². The molecule has 3 rings (SSSR count). The molecule has 5 heteroatoms. The third kappa shape index (κ3) is 1.53. The predicted octanol–water partition coefficient (Wildman–Crippen LogP) is 1.98. The third-order valence-electron chi connectivity index (χ3n) is 2.93. The van der Waals surface area contributed by atoms with Crippen LogP contribution in [-0.2, 0) is 0 Å². The summed E-state index contributed by atoms with van der Waals surface area (Å²) in [7, 11) is 0. The van der Waals surface area contributed by atoms with Gasteiger partial charge in [0.1, 0.15) is 11.6 Å². The average molecular weight is 239 g/mol. The van der Waals surface area contributed by atoms with E-state index in [9.17, 15) is 0 Å². The summed E-state index contributed by atoms with van der Waals surface area (Å²) in [4.78, 5) is 7.22. The van der Waals surface area contributed by atoms with Crippen LogP contribution in [0.15, 0.2) is 36.4 Å². The summed E-state index contributed by atoms with van der Waals surface area (Å²) in [5.74, 6) is 0.610. The Balaban J connectivity index is 2.26. The molecule has 0 bridgehead atoms. The van der Waals surface area contributed by atoms with Gasteiger partial charge in [-0.3, -0.25) is 0 Å². The number of aromatic amines is 1. The fourth-order valence-corrected chi connectivity index (χ4v) is 2.04. The van der Waals surface area contributed by atoms with Crippen LogP contribution in [0.1, 0.15) is 0 Å². The van der Waals surface area contributed by atoms with E-state index in [0.29, 0.717) is 11.5 Å². The topological polar surface area (TPSA) is 107 Å². The lowest BCUT2D eigenvalue weighted by atomic mass is 10.1. The monoisotopic (exact) mass is 239 g/mol. The molecule has 0 saturated carbocycles. The number of H-pyrrole nitrogens is 1. The molecule has 0 atom stereocenters. The van der Waals surface area contributed by atoms with E-state index in [-0.39, 0.29) is 5.82 Å². The van der Waals surface area contributed by atoms with Crippen LogP contribution in [0.2, 0.25) is 0 Å². The van der Waals surface area contributed by atoms with Gasteiger partial charge in [-0.05, 0) is 18.2 Å². The van der Waals surface area contributed by atoms with Crippen molar-refractivity contribution in [3.63, 3.8) is 0 Å². The minimum Gasteiger partial charge on any atom is -0.395 e. The average Bonchev–Trinajstić information content (AvgIpc) is 2.77. The van der Waals surface area contributed by atoms with Crippen molar-refractivity contribution in [2.75, 3.05) is 17.2 Å². The fraction of sp³-hybridized carbons (Fsp3) is 0. The molecule has 0 unspecified atom stereocenters. The van der Waals surface area contributed by atoms with Crippen molar-refractivity contribution in [2.24, 2.45) is 0 Å². The lowest BCUT2D eigenvalue weighted by Gasteiger charge is -2.07. The molecule has 2 heterocycles. The van der Waals surface area contributed by atoms with E-state index in [1.165, 1.54) is 0 Å². The van der Waals surface area contributed by atoms with Gasteiger partial charge in [0.25, 0.3) is 0 Å². The number of para-hydroxylation sites is 1. The number of pyridine rings is 1. The summed E-state index contributed by atoms with van der Waals surface area (Å²) < 4.78 is 0. The molecule has 0 aliphatic rings. The molecule has 1 aromatic carbocycles. The van der Waals surface area contributed by atoms with Crippen LogP contribution in [0.5, 0.6) is 0 Å². The largest absolute Gasteiger partial charge is 0.395 e. The number of nitrogens with one attached hydrogen (secondary N) is 1. The molecule has 0 aliphatic heterocycles. The number of benzene rings is 1. The Labute approximate surface area is 104 Å². The van der Waals surface area contributed by atoms with Gasteiger partial charge in [-0.25, -0.2) is 4.98 Å². The normalized spacial score (nSPS) is 10.9. The number of aromatic nitrogens is 2. The molecule has 0 fully saturated rings. The summed E-state index contributed by atoms with van der Waals surface area (Å²) in [6, 6.07) is 11.7. The van der Waals surface area contributed by atoms with E-state index < -0.39 is 0 Å². The molecule has 0 aliphatic carbocycles. The van der Waals surface area contributed by atoms with E-state index in [2.05, 4.69) is 9.97 Å². The number of hydrogen-bond acceptors (Lipinski definition) is 4. The number of rotatable bonds is 1. The molecule has 0 spiro atoms. The van der Waals surface area contributed by atoms with Crippen molar-refractivity contribution >= 4 is 28.2 Å². The molecule has 0 amide bonds. The van der Waals surface area contributed by atoms with Crippen molar-refractivity contribution < 1.29 is 0 Å². The minimum absolute atomic E-state index is 0.253. The molecular formula is C13H13N5. The first-order chi connectivity index (χ1) is 8.65. The number of nitrogens with zero attached hydrogens (tertiary/aromatic N) is 1. The van der Waals surface area contributed by atoms with Crippen molar-refractivity contribution in [3.8, 4) is 11.3 Å². The van der Waals surface area contributed by atoms with Gasteiger partial charge in [0, 0.05) is 22.2 Å². The minimum atomic E-state index is 0.253. The highest BCUT2D eigenvalue weighted by molar-refractivity contribution is 5.91. The van der Waals surface area contributed by atoms with Crippen LogP contribution in [0, 0.1) is 0 Å². The molecule has 2 aromatic heterocycles.